The molecule has 0 radical (unpaired) electrons. The molecular weight excluding hydrogens is 360 g/mol. The van der Waals surface area contributed by atoms with Gasteiger partial charge in [-0.2, -0.15) is 0 Å². The maximum absolute atomic E-state index is 12.5. The van der Waals surface area contributed by atoms with Gasteiger partial charge in [0.25, 0.3) is 11.8 Å². The van der Waals surface area contributed by atoms with Gasteiger partial charge in [0.05, 0.1) is 17.4 Å². The van der Waals surface area contributed by atoms with Gasteiger partial charge in [-0.15, -0.1) is 17.5 Å². The van der Waals surface area contributed by atoms with Crippen LogP contribution in [-0.2, 0) is 14.4 Å². The van der Waals surface area contributed by atoms with Crippen LogP contribution in [0.15, 0.2) is 36.4 Å². The molecule has 1 aliphatic heterocycles. The molecule has 1 heterocycles. The minimum absolute atomic E-state index is 0. The first-order chi connectivity index (χ1) is 12.0. The van der Waals surface area contributed by atoms with E-state index < -0.39 is 29.6 Å². The molecule has 2 fully saturated rings. The van der Waals surface area contributed by atoms with Gasteiger partial charge in [0, 0.05) is 5.69 Å². The number of nitrogens with two attached hydrogens (primary N) is 1. The first-order valence-electron chi connectivity index (χ1n) is 7.95. The van der Waals surface area contributed by atoms with Crippen LogP contribution in [0.4, 0.5) is 5.69 Å². The van der Waals surface area contributed by atoms with Crippen molar-refractivity contribution >= 4 is 41.8 Å². The quantitative estimate of drug-likeness (QED) is 0.316. The van der Waals surface area contributed by atoms with Gasteiger partial charge in [0.2, 0.25) is 0 Å². The molecule has 2 aliphatic carbocycles. The van der Waals surface area contributed by atoms with Gasteiger partial charge < -0.3 is 15.9 Å². The van der Waals surface area contributed by atoms with E-state index in [9.17, 15) is 14.4 Å². The van der Waals surface area contributed by atoms with E-state index in [2.05, 4.69) is 5.32 Å². The molecule has 0 aromatic heterocycles. The van der Waals surface area contributed by atoms with E-state index in [0.29, 0.717) is 10.8 Å². The second kappa shape index (κ2) is 6.45. The number of rotatable bonds is 3. The molecule has 1 aromatic rings. The Morgan fingerprint density at radius 3 is 2.15 bits per heavy atom. The molecule has 1 saturated heterocycles. The van der Waals surface area contributed by atoms with Crippen LogP contribution in [0, 0.1) is 29.1 Å². The van der Waals surface area contributed by atoms with Gasteiger partial charge >= 0.3 is 5.97 Å². The van der Waals surface area contributed by atoms with Gasteiger partial charge in [0.1, 0.15) is 0 Å². The summed E-state index contributed by atoms with van der Waals surface area (Å²) in [5.74, 6) is -2.56. The first-order valence-corrected chi connectivity index (χ1v) is 7.95. The number of nitrogens with zero attached hydrogens (tertiary/aromatic N) is 1. The van der Waals surface area contributed by atoms with Gasteiger partial charge in [-0.1, -0.05) is 12.2 Å². The molecule has 2 amide bonds. The lowest BCUT2D eigenvalue weighted by atomic mass is 9.85. The largest absolute Gasteiger partial charge is 0.370 e. The van der Waals surface area contributed by atoms with Crippen LogP contribution >= 0.6 is 12.4 Å². The predicted molar refractivity (Wildman–Crippen MR) is 94.2 cm³/mol. The van der Waals surface area contributed by atoms with E-state index in [0.717, 1.165) is 6.42 Å². The average Bonchev–Trinajstić information content (AvgIpc) is 3.25. The third kappa shape index (κ3) is 2.72. The van der Waals surface area contributed by atoms with Crippen LogP contribution in [0.1, 0.15) is 16.8 Å². The van der Waals surface area contributed by atoms with Crippen molar-refractivity contribution in [1.82, 2.24) is 5.06 Å². The molecule has 4 rings (SSSR count). The molecule has 26 heavy (non-hydrogen) atoms. The van der Waals surface area contributed by atoms with E-state index in [1.807, 2.05) is 12.2 Å². The van der Waals surface area contributed by atoms with Crippen molar-refractivity contribution in [2.75, 3.05) is 5.32 Å². The van der Waals surface area contributed by atoms with Crippen LogP contribution < -0.4 is 11.1 Å². The number of guanidine groups is 1. The van der Waals surface area contributed by atoms with E-state index in [4.69, 9.17) is 16.0 Å². The zero-order valence-electron chi connectivity index (χ0n) is 13.5. The minimum atomic E-state index is -0.781. The van der Waals surface area contributed by atoms with E-state index in [-0.39, 0.29) is 35.8 Å². The summed E-state index contributed by atoms with van der Waals surface area (Å²) in [4.78, 5) is 42.3. The van der Waals surface area contributed by atoms with E-state index >= 15 is 0 Å². The summed E-state index contributed by atoms with van der Waals surface area (Å²) in [6.45, 7) is 0. The highest BCUT2D eigenvalue weighted by Gasteiger charge is 2.60. The second-order valence-electron chi connectivity index (χ2n) is 6.47. The van der Waals surface area contributed by atoms with Crippen molar-refractivity contribution in [3.63, 3.8) is 0 Å². The predicted octanol–water partition coefficient (Wildman–Crippen LogP) is 1.29. The number of carbonyl (C=O) groups excluding carboxylic acids is 3. The Bertz CT molecular complexity index is 793. The Labute approximate surface area is 155 Å². The summed E-state index contributed by atoms with van der Waals surface area (Å²) in [6.07, 6.45) is 4.77. The molecular formula is C17H17ClN4O4. The van der Waals surface area contributed by atoms with Gasteiger partial charge in [-0.3, -0.25) is 15.0 Å². The maximum atomic E-state index is 12.5. The maximum Gasteiger partial charge on any atom is 0.363 e. The lowest BCUT2D eigenvalue weighted by Gasteiger charge is -2.16. The number of benzene rings is 1. The van der Waals surface area contributed by atoms with Crippen molar-refractivity contribution in [2.45, 2.75) is 6.42 Å². The zero-order valence-corrected chi connectivity index (χ0v) is 14.4. The van der Waals surface area contributed by atoms with E-state index in [1.54, 1.807) is 12.1 Å². The summed E-state index contributed by atoms with van der Waals surface area (Å²) in [6, 6.07) is 6.02. The van der Waals surface area contributed by atoms with Gasteiger partial charge in [0.15, 0.2) is 5.96 Å². The summed E-state index contributed by atoms with van der Waals surface area (Å²) in [5.41, 5.74) is 5.95. The molecule has 1 aromatic carbocycles. The molecule has 3 aliphatic rings. The van der Waals surface area contributed by atoms with Crippen LogP contribution in [0.5, 0.6) is 0 Å². The lowest BCUT2D eigenvalue weighted by molar-refractivity contribution is -0.175. The minimum Gasteiger partial charge on any atom is -0.370 e. The number of hydroxylamine groups is 2. The third-order valence-corrected chi connectivity index (χ3v) is 5.00. The molecule has 0 spiro atoms. The second-order valence-corrected chi connectivity index (χ2v) is 6.47. The number of allylic oxidation sites excluding steroid dienone is 2. The smallest absolute Gasteiger partial charge is 0.363 e. The number of nitrogens with one attached hydrogen (secondary N) is 2. The number of fused-ring (bicyclic) bond motifs is 5. The third-order valence-electron chi connectivity index (χ3n) is 5.00. The van der Waals surface area contributed by atoms with E-state index in [1.165, 1.54) is 12.1 Å². The fourth-order valence-corrected chi connectivity index (χ4v) is 3.95. The Kier molecular flexibility index (Phi) is 4.45. The molecule has 8 nitrogen and oxygen atoms in total. The number of amides is 2. The number of hydrogen-bond acceptors (Lipinski definition) is 5. The first kappa shape index (κ1) is 17.9. The Hall–Kier alpha value is -2.87. The summed E-state index contributed by atoms with van der Waals surface area (Å²) in [7, 11) is 0. The topological polar surface area (TPSA) is 126 Å². The standard InChI is InChI=1S/C17H16N4O4.ClH/c18-17(19)20-11-5-3-8(4-6-11)16(24)25-21-14(22)12-9-1-2-10(7-9)13(12)15(21)23;/h1-6,9-10,12-13H,7H2,(H4,18,19,20);1H. The fraction of sp³-hybridized carbons (Fsp3) is 0.294. The number of carbonyl (C=O) groups is 3. The molecule has 4 unspecified atom stereocenters. The normalized spacial score (nSPS) is 27.9. The number of imide groups is 1. The molecule has 1 saturated carbocycles. The summed E-state index contributed by atoms with van der Waals surface area (Å²) >= 11 is 0. The highest BCUT2D eigenvalue weighted by molar-refractivity contribution is 6.06. The van der Waals surface area contributed by atoms with Crippen molar-refractivity contribution < 1.29 is 19.2 Å². The Morgan fingerprint density at radius 1 is 1.12 bits per heavy atom. The van der Waals surface area contributed by atoms with Crippen LogP contribution in [0.2, 0.25) is 0 Å². The fourth-order valence-electron chi connectivity index (χ4n) is 3.95. The number of hydrogen-bond donors (Lipinski definition) is 3. The average molecular weight is 377 g/mol. The van der Waals surface area contributed by atoms with Gasteiger partial charge in [-0.25, -0.2) is 4.79 Å². The highest BCUT2D eigenvalue weighted by Crippen LogP contribution is 2.52. The zero-order chi connectivity index (χ0) is 17.7. The van der Waals surface area contributed by atoms with Crippen molar-refractivity contribution in [3.8, 4) is 0 Å². The van der Waals surface area contributed by atoms with Gasteiger partial charge in [-0.05, 0) is 42.5 Å². The van der Waals surface area contributed by atoms with Crippen molar-refractivity contribution in [3.05, 3.63) is 42.0 Å². The molecule has 4 atom stereocenters. The van der Waals surface area contributed by atoms with Crippen LogP contribution in [0.25, 0.3) is 0 Å². The van der Waals surface area contributed by atoms with Crippen LogP contribution in [-0.4, -0.2) is 28.8 Å². The highest BCUT2D eigenvalue weighted by atomic mass is 35.5. The molecule has 4 N–H and O–H groups in total. The van der Waals surface area contributed by atoms with Crippen molar-refractivity contribution in [1.29, 1.82) is 5.41 Å². The molecule has 2 bridgehead atoms. The number of halogens is 1. The Morgan fingerprint density at radius 2 is 1.65 bits per heavy atom. The molecule has 9 heteroatoms. The Balaban J connectivity index is 0.00000196. The van der Waals surface area contributed by atoms with Crippen LogP contribution in [0.3, 0.4) is 0 Å². The summed E-state index contributed by atoms with van der Waals surface area (Å²) < 4.78 is 0. The summed E-state index contributed by atoms with van der Waals surface area (Å²) in [5, 5.41) is 10.4. The monoisotopic (exact) mass is 376 g/mol. The number of anilines is 1. The van der Waals surface area contributed by atoms with Crippen molar-refractivity contribution in [2.24, 2.45) is 29.4 Å². The SMILES string of the molecule is Cl.N=C(N)Nc1ccc(C(=O)ON2C(=O)C3C4C=CC(C4)C3C2=O)cc1. The molecule has 136 valence electrons. The lowest BCUT2D eigenvalue weighted by Crippen LogP contribution is -2.35.